The SMILES string of the molecule is [B]c1c([B])c(-c2c3c([B])c([B])c([B])c([B])c3c(-c3c([B])c([B])c(-c4c([B])c([B])c5c([B])c([B])c([B])c([B])c5c4[B])c4c([B])c([B])c([B])c([B])c34)c3c([B])c([B])c([B])c([B])c23)c2c(oc3c4c([B])c([B])c([B])c([B])c4c([B])c([B])c32)c1[B]. The Balaban J connectivity index is 1.46. The van der Waals surface area contributed by atoms with E-state index in [1.54, 1.807) is 0 Å². The van der Waals surface area contributed by atoms with Gasteiger partial charge in [-0.15, -0.1) is 60.1 Å². The molecule has 81 heavy (non-hydrogen) atoms. The van der Waals surface area contributed by atoms with Crippen molar-refractivity contribution in [2.45, 2.75) is 0 Å². The molecule has 11 rings (SSSR count). The third-order valence-electron chi connectivity index (χ3n) is 16.1. The maximum absolute atomic E-state index is 7.45. The first-order valence-electron chi connectivity index (χ1n) is 23.8. The van der Waals surface area contributed by atoms with Gasteiger partial charge in [-0.2, -0.15) is 0 Å². The molecule has 0 N–H and O–H groups in total. The lowest BCUT2D eigenvalue weighted by atomic mass is 9.55. The van der Waals surface area contributed by atoms with Crippen molar-refractivity contribution in [3.05, 3.63) is 0 Å². The molecular formula is C50B30O. The number of rotatable bonds is 3. The molecule has 11 aromatic rings. The van der Waals surface area contributed by atoms with E-state index >= 15 is 0 Å². The van der Waals surface area contributed by atoms with E-state index in [0.717, 1.165) is 0 Å². The van der Waals surface area contributed by atoms with Crippen LogP contribution >= 0.6 is 0 Å². The number of fused-ring (bicyclic) bond motifs is 9. The zero-order valence-corrected chi connectivity index (χ0v) is 42.7. The third kappa shape index (κ3) is 7.30. The molecule has 10 aromatic carbocycles. The van der Waals surface area contributed by atoms with Crippen molar-refractivity contribution >= 4 is 475 Å². The van der Waals surface area contributed by atoms with Gasteiger partial charge in [-0.3, -0.25) is 0 Å². The predicted octanol–water partition coefficient (Wildman–Crippen LogP) is -21.8. The van der Waals surface area contributed by atoms with Crippen LogP contribution in [0, 0.1) is 0 Å². The lowest BCUT2D eigenvalue weighted by Gasteiger charge is -2.33. The van der Waals surface area contributed by atoms with Crippen LogP contribution in [0.2, 0.25) is 0 Å². The van der Waals surface area contributed by atoms with Gasteiger partial charge in [0.1, 0.15) is 247 Å². The molecule has 0 aliphatic rings. The lowest BCUT2D eigenvalue weighted by molar-refractivity contribution is 0.676. The van der Waals surface area contributed by atoms with Crippen molar-refractivity contribution in [2.24, 2.45) is 0 Å². The highest BCUT2D eigenvalue weighted by molar-refractivity contribution is 6.78. The Kier molecular flexibility index (Phi) is 13.9. The maximum atomic E-state index is 7.45. The Bertz CT molecular complexity index is 4850. The fourth-order valence-electron chi connectivity index (χ4n) is 11.8. The van der Waals surface area contributed by atoms with Gasteiger partial charge in [0.25, 0.3) is 0 Å². The third-order valence-corrected chi connectivity index (χ3v) is 16.1. The lowest BCUT2D eigenvalue weighted by Crippen LogP contribution is -2.53. The topological polar surface area (TPSA) is 13.1 Å². The van der Waals surface area contributed by atoms with E-state index < -0.39 is 0 Å². The van der Waals surface area contributed by atoms with Crippen LogP contribution in [0.1, 0.15) is 0 Å². The molecular weight excluding hydrogens is 941 g/mol. The standard InChI is InChI=1S/C50B30O/c51-19-13(29(61)30(62)15-14(19)32(64)43(75)44(76)33(15)65)11-10-9(27(59)41(73)42(74)28(10)60)7(20(52)21(11)53)1-3-5(24(56)39(71)37(69)22(3)54)2(6-4(1)23(55)38(70)40(72)25(6)57)8-12-17-35(67)31(63)16-18(36(68)46(78)45(77)34(16)66)49(17)81-50(12)48(80)47(79)26(8)58. The molecule has 0 amide bonds. The van der Waals surface area contributed by atoms with Gasteiger partial charge in [0, 0.05) is 16.2 Å². The van der Waals surface area contributed by atoms with E-state index in [4.69, 9.17) is 240 Å². The largest absolute Gasteiger partial charge is 0.456 e. The zero-order chi connectivity index (χ0) is 59.6. The van der Waals surface area contributed by atoms with Crippen molar-refractivity contribution in [1.82, 2.24) is 0 Å². The van der Waals surface area contributed by atoms with Crippen molar-refractivity contribution in [3.63, 3.8) is 0 Å². The molecule has 0 spiro atoms. The maximum Gasteiger partial charge on any atom is 0.141 e. The van der Waals surface area contributed by atoms with Gasteiger partial charge in [0.15, 0.2) is 0 Å². The Labute approximate surface area is 509 Å². The molecule has 296 valence electrons. The van der Waals surface area contributed by atoms with Crippen molar-refractivity contribution in [3.8, 4) is 33.4 Å². The number of hydrogen-bond acceptors (Lipinski definition) is 1. The van der Waals surface area contributed by atoms with Crippen LogP contribution in [0.4, 0.5) is 0 Å². The molecule has 0 unspecified atom stereocenters. The number of hydrogen-bond donors (Lipinski definition) is 0. The Morgan fingerprint density at radius 1 is 0.111 bits per heavy atom. The summed E-state index contributed by atoms with van der Waals surface area (Å²) in [4.78, 5) is 0. The smallest absolute Gasteiger partial charge is 0.141 e. The molecule has 0 bridgehead atoms. The van der Waals surface area contributed by atoms with Gasteiger partial charge in [-0.25, -0.2) is 0 Å². The summed E-state index contributed by atoms with van der Waals surface area (Å²) in [5.74, 6) is 0. The van der Waals surface area contributed by atoms with E-state index in [9.17, 15) is 0 Å². The molecule has 1 heterocycles. The van der Waals surface area contributed by atoms with Gasteiger partial charge in [0.05, 0.1) is 0 Å². The molecule has 0 saturated carbocycles. The van der Waals surface area contributed by atoms with Gasteiger partial charge in [0.2, 0.25) is 0 Å². The molecule has 60 radical (unpaired) electrons. The average molecular weight is 941 g/mol. The van der Waals surface area contributed by atoms with Crippen molar-refractivity contribution in [2.75, 3.05) is 0 Å². The highest BCUT2D eigenvalue weighted by atomic mass is 16.3. The fraction of sp³-hybridized carbons (Fsp3) is 0. The van der Waals surface area contributed by atoms with E-state index in [1.165, 1.54) is 0 Å². The average Bonchev–Trinajstić information content (AvgIpc) is 3.87. The van der Waals surface area contributed by atoms with E-state index in [0.29, 0.717) is 0 Å². The van der Waals surface area contributed by atoms with Crippen LogP contribution in [-0.2, 0) is 0 Å². The Morgan fingerprint density at radius 2 is 0.296 bits per heavy atom. The second kappa shape index (κ2) is 19.4. The summed E-state index contributed by atoms with van der Waals surface area (Å²) in [5.41, 5.74) is -6.05. The summed E-state index contributed by atoms with van der Waals surface area (Å²) in [5, 5.41) is 0.0184. The number of benzene rings is 10. The minimum atomic E-state index is -0.307. The quantitative estimate of drug-likeness (QED) is 0.127. The van der Waals surface area contributed by atoms with Crippen LogP contribution in [0.5, 0.6) is 0 Å². The molecule has 31 heteroatoms. The molecule has 0 saturated heterocycles. The first kappa shape index (κ1) is 58.0. The van der Waals surface area contributed by atoms with Crippen LogP contribution in [0.25, 0.3) is 109 Å². The molecule has 1 aromatic heterocycles. The van der Waals surface area contributed by atoms with Gasteiger partial charge in [-0.05, 0) is 81.9 Å². The second-order valence-corrected chi connectivity index (χ2v) is 19.9. The van der Waals surface area contributed by atoms with Gasteiger partial charge in [-0.1, -0.05) is 104 Å². The van der Waals surface area contributed by atoms with Crippen molar-refractivity contribution < 1.29 is 4.42 Å². The first-order chi connectivity index (χ1) is 37.8. The van der Waals surface area contributed by atoms with Crippen LogP contribution in [0.3, 0.4) is 0 Å². The number of furan rings is 1. The minimum absolute atomic E-state index is 0.0359. The predicted molar refractivity (Wildman–Crippen MR) is 379 cm³/mol. The summed E-state index contributed by atoms with van der Waals surface area (Å²) in [6.07, 6.45) is 0. The Hall–Kier alpha value is -4.75. The van der Waals surface area contributed by atoms with E-state index in [-0.39, 0.29) is 273 Å². The van der Waals surface area contributed by atoms with Gasteiger partial charge >= 0.3 is 0 Å². The highest BCUT2D eigenvalue weighted by Gasteiger charge is 2.33. The summed E-state index contributed by atoms with van der Waals surface area (Å²) in [6.45, 7) is 0. The summed E-state index contributed by atoms with van der Waals surface area (Å²) < 4.78 is 6.65. The van der Waals surface area contributed by atoms with Crippen molar-refractivity contribution in [1.29, 1.82) is 0 Å². The summed E-state index contributed by atoms with van der Waals surface area (Å²) in [7, 11) is 206. The molecule has 0 atom stereocenters. The molecule has 0 aliphatic heterocycles. The van der Waals surface area contributed by atoms with Gasteiger partial charge < -0.3 is 4.42 Å². The fourth-order valence-corrected chi connectivity index (χ4v) is 11.8. The Morgan fingerprint density at radius 3 is 0.654 bits per heavy atom. The van der Waals surface area contributed by atoms with E-state index in [2.05, 4.69) is 0 Å². The van der Waals surface area contributed by atoms with Crippen LogP contribution in [0.15, 0.2) is 4.42 Å². The summed E-state index contributed by atoms with van der Waals surface area (Å²) in [6, 6.07) is 0. The monoisotopic (exact) mass is 946 g/mol. The molecule has 1 nitrogen and oxygen atoms in total. The van der Waals surface area contributed by atoms with E-state index in [1.807, 2.05) is 0 Å². The molecule has 0 aliphatic carbocycles. The minimum Gasteiger partial charge on any atom is -0.456 e. The highest BCUT2D eigenvalue weighted by Crippen LogP contribution is 2.45. The van der Waals surface area contributed by atoms with Crippen LogP contribution in [-0.4, -0.2) is 235 Å². The van der Waals surface area contributed by atoms with Crippen LogP contribution < -0.4 is 164 Å². The molecule has 0 fully saturated rings. The second-order valence-electron chi connectivity index (χ2n) is 19.9. The normalized spacial score (nSPS) is 12.0. The summed E-state index contributed by atoms with van der Waals surface area (Å²) >= 11 is 0. The first-order valence-corrected chi connectivity index (χ1v) is 23.8. The zero-order valence-electron chi connectivity index (χ0n) is 42.7.